The lowest BCUT2D eigenvalue weighted by Gasteiger charge is -2.26. The summed E-state index contributed by atoms with van der Waals surface area (Å²) < 4.78 is 0. The Balaban J connectivity index is 1.54. The molecule has 0 aromatic heterocycles. The highest BCUT2D eigenvalue weighted by Crippen LogP contribution is 2.16. The highest BCUT2D eigenvalue weighted by Gasteiger charge is 2.18. The molecule has 4 N–H and O–H groups in total. The van der Waals surface area contributed by atoms with Gasteiger partial charge < -0.3 is 21.3 Å². The number of carbonyl (C=O) groups excluding carboxylic acids is 3. The normalized spacial score (nSPS) is 13.6. The average molecular weight is 380 g/mol. The number of amides is 3. The van der Waals surface area contributed by atoms with E-state index in [0.717, 1.165) is 25.9 Å². The molecule has 0 spiro atoms. The first-order valence-electron chi connectivity index (χ1n) is 9.36. The van der Waals surface area contributed by atoms with Crippen LogP contribution in [0.15, 0.2) is 48.5 Å². The number of piperidine rings is 1. The van der Waals surface area contributed by atoms with Crippen molar-refractivity contribution in [1.82, 2.24) is 4.90 Å². The minimum Gasteiger partial charge on any atom is -0.376 e. The number of para-hydroxylation sites is 1. The van der Waals surface area contributed by atoms with E-state index in [1.807, 2.05) is 4.90 Å². The summed E-state index contributed by atoms with van der Waals surface area (Å²) in [4.78, 5) is 37.9. The van der Waals surface area contributed by atoms with Gasteiger partial charge in [0.25, 0.3) is 11.8 Å². The molecule has 2 aromatic carbocycles. The lowest BCUT2D eigenvalue weighted by atomic mass is 10.1. The quantitative estimate of drug-likeness (QED) is 0.716. The largest absolute Gasteiger partial charge is 0.376 e. The van der Waals surface area contributed by atoms with Crippen molar-refractivity contribution < 1.29 is 14.4 Å². The maximum atomic E-state index is 12.5. The Kier molecular flexibility index (Phi) is 6.26. The van der Waals surface area contributed by atoms with Crippen LogP contribution in [-0.2, 0) is 4.79 Å². The smallest absolute Gasteiger partial charge is 0.253 e. The highest BCUT2D eigenvalue weighted by atomic mass is 16.2. The first-order chi connectivity index (χ1) is 13.5. The van der Waals surface area contributed by atoms with Crippen molar-refractivity contribution in [2.45, 2.75) is 19.3 Å². The number of anilines is 2. The molecule has 1 heterocycles. The molecule has 0 aliphatic carbocycles. The zero-order chi connectivity index (χ0) is 19.9. The van der Waals surface area contributed by atoms with Gasteiger partial charge in [-0.25, -0.2) is 0 Å². The molecular formula is C21H24N4O3. The summed E-state index contributed by atoms with van der Waals surface area (Å²) in [5, 5.41) is 5.68. The molecule has 2 aromatic rings. The Morgan fingerprint density at radius 3 is 2.29 bits per heavy atom. The van der Waals surface area contributed by atoms with Gasteiger partial charge >= 0.3 is 0 Å². The molecule has 1 saturated heterocycles. The van der Waals surface area contributed by atoms with Crippen LogP contribution in [0.1, 0.15) is 40.0 Å². The average Bonchev–Trinajstić information content (AvgIpc) is 2.73. The Labute approximate surface area is 163 Å². The molecule has 0 radical (unpaired) electrons. The fourth-order valence-corrected chi connectivity index (χ4v) is 3.21. The van der Waals surface area contributed by atoms with Crippen LogP contribution in [0, 0.1) is 0 Å². The summed E-state index contributed by atoms with van der Waals surface area (Å²) in [5.41, 5.74) is 7.38. The number of hydrogen-bond donors (Lipinski definition) is 3. The van der Waals surface area contributed by atoms with Gasteiger partial charge in [-0.2, -0.15) is 0 Å². The Hall–Kier alpha value is -3.35. The second-order valence-corrected chi connectivity index (χ2v) is 6.74. The summed E-state index contributed by atoms with van der Waals surface area (Å²) in [6.45, 7) is 1.59. The molecule has 1 aliphatic heterocycles. The van der Waals surface area contributed by atoms with Crippen molar-refractivity contribution in [3.05, 3.63) is 59.7 Å². The fourth-order valence-electron chi connectivity index (χ4n) is 3.21. The van der Waals surface area contributed by atoms with Crippen molar-refractivity contribution in [1.29, 1.82) is 0 Å². The van der Waals surface area contributed by atoms with Gasteiger partial charge in [-0.3, -0.25) is 14.4 Å². The third kappa shape index (κ3) is 4.88. The number of nitrogens with two attached hydrogens (primary N) is 1. The number of likely N-dealkylation sites (tertiary alicyclic amines) is 1. The second-order valence-electron chi connectivity index (χ2n) is 6.74. The van der Waals surface area contributed by atoms with Gasteiger partial charge in [-0.1, -0.05) is 12.1 Å². The number of rotatable bonds is 6. The predicted octanol–water partition coefficient (Wildman–Crippen LogP) is 2.46. The zero-order valence-corrected chi connectivity index (χ0v) is 15.6. The van der Waals surface area contributed by atoms with Crippen LogP contribution in [0.3, 0.4) is 0 Å². The van der Waals surface area contributed by atoms with E-state index in [-0.39, 0.29) is 18.4 Å². The Morgan fingerprint density at radius 2 is 1.61 bits per heavy atom. The maximum absolute atomic E-state index is 12.5. The number of nitrogens with zero attached hydrogens (tertiary/aromatic N) is 1. The molecule has 0 saturated carbocycles. The van der Waals surface area contributed by atoms with Crippen LogP contribution in [-0.4, -0.2) is 42.3 Å². The molecule has 0 bridgehead atoms. The van der Waals surface area contributed by atoms with E-state index < -0.39 is 5.91 Å². The standard InChI is InChI=1S/C21H24N4O3/c22-20(27)17-6-2-3-7-18(17)23-14-19(26)24-16-10-8-15(9-11-16)21(28)25-12-4-1-5-13-25/h2-3,6-11,23H,1,4-5,12-14H2,(H2,22,27)(H,24,26). The minimum absolute atomic E-state index is 0.0151. The molecule has 0 unspecified atom stereocenters. The molecule has 0 atom stereocenters. The Morgan fingerprint density at radius 1 is 0.929 bits per heavy atom. The van der Waals surface area contributed by atoms with Crippen molar-refractivity contribution >= 4 is 29.1 Å². The fraction of sp³-hybridized carbons (Fsp3) is 0.286. The summed E-state index contributed by atoms with van der Waals surface area (Å²) >= 11 is 0. The van der Waals surface area contributed by atoms with Crippen molar-refractivity contribution in [3.63, 3.8) is 0 Å². The van der Waals surface area contributed by atoms with E-state index in [1.165, 1.54) is 6.42 Å². The highest BCUT2D eigenvalue weighted by molar-refractivity contribution is 6.00. The number of benzene rings is 2. The zero-order valence-electron chi connectivity index (χ0n) is 15.6. The van der Waals surface area contributed by atoms with Crippen LogP contribution in [0.5, 0.6) is 0 Å². The molecule has 28 heavy (non-hydrogen) atoms. The summed E-state index contributed by atoms with van der Waals surface area (Å²) in [5.74, 6) is -0.797. The van der Waals surface area contributed by atoms with Crippen LogP contribution < -0.4 is 16.4 Å². The molecule has 7 nitrogen and oxygen atoms in total. The van der Waals surface area contributed by atoms with E-state index in [4.69, 9.17) is 5.73 Å². The van der Waals surface area contributed by atoms with Gasteiger partial charge in [0.05, 0.1) is 12.1 Å². The minimum atomic E-state index is -0.558. The molecule has 3 amide bonds. The van der Waals surface area contributed by atoms with Crippen LogP contribution in [0.4, 0.5) is 11.4 Å². The Bertz CT molecular complexity index is 858. The summed E-state index contributed by atoms with van der Waals surface area (Å²) in [6, 6.07) is 13.6. The van der Waals surface area contributed by atoms with E-state index in [0.29, 0.717) is 22.5 Å². The lowest BCUT2D eigenvalue weighted by molar-refractivity contribution is -0.114. The number of carbonyl (C=O) groups is 3. The van der Waals surface area contributed by atoms with E-state index in [1.54, 1.807) is 48.5 Å². The monoisotopic (exact) mass is 380 g/mol. The van der Waals surface area contributed by atoms with E-state index in [2.05, 4.69) is 10.6 Å². The molecule has 146 valence electrons. The summed E-state index contributed by atoms with van der Waals surface area (Å²) in [7, 11) is 0. The van der Waals surface area contributed by atoms with Crippen LogP contribution in [0.25, 0.3) is 0 Å². The SMILES string of the molecule is NC(=O)c1ccccc1NCC(=O)Nc1ccc(C(=O)N2CCCCC2)cc1. The van der Waals surface area contributed by atoms with Crippen molar-refractivity contribution in [2.75, 3.05) is 30.3 Å². The third-order valence-electron chi connectivity index (χ3n) is 4.69. The number of nitrogens with one attached hydrogen (secondary N) is 2. The molecule has 1 fully saturated rings. The van der Waals surface area contributed by atoms with Gasteiger partial charge in [0, 0.05) is 30.0 Å². The molecule has 1 aliphatic rings. The van der Waals surface area contributed by atoms with Gasteiger partial charge in [-0.05, 0) is 55.7 Å². The van der Waals surface area contributed by atoms with Crippen molar-refractivity contribution in [3.8, 4) is 0 Å². The van der Waals surface area contributed by atoms with Gasteiger partial charge in [0.15, 0.2) is 0 Å². The van der Waals surface area contributed by atoms with Gasteiger partial charge in [0.2, 0.25) is 5.91 Å². The second kappa shape index (κ2) is 9.03. The maximum Gasteiger partial charge on any atom is 0.253 e. The van der Waals surface area contributed by atoms with E-state index >= 15 is 0 Å². The lowest BCUT2D eigenvalue weighted by Crippen LogP contribution is -2.35. The third-order valence-corrected chi connectivity index (χ3v) is 4.69. The van der Waals surface area contributed by atoms with E-state index in [9.17, 15) is 14.4 Å². The number of hydrogen-bond acceptors (Lipinski definition) is 4. The first kappa shape index (κ1) is 19.4. The predicted molar refractivity (Wildman–Crippen MR) is 108 cm³/mol. The first-order valence-corrected chi connectivity index (χ1v) is 9.36. The summed E-state index contributed by atoms with van der Waals surface area (Å²) in [6.07, 6.45) is 3.27. The van der Waals surface area contributed by atoms with Crippen LogP contribution >= 0.6 is 0 Å². The molecular weight excluding hydrogens is 356 g/mol. The molecule has 7 heteroatoms. The van der Waals surface area contributed by atoms with Gasteiger partial charge in [-0.15, -0.1) is 0 Å². The topological polar surface area (TPSA) is 105 Å². The molecule has 3 rings (SSSR count). The van der Waals surface area contributed by atoms with Crippen molar-refractivity contribution in [2.24, 2.45) is 5.73 Å². The number of primary amides is 1. The van der Waals surface area contributed by atoms with Crippen LogP contribution in [0.2, 0.25) is 0 Å². The van der Waals surface area contributed by atoms with Gasteiger partial charge in [0.1, 0.15) is 0 Å².